The second kappa shape index (κ2) is 2.62. The standard InChI is InChI=1S/C8H15N3O/c9-7(12)11-5-4-10-6-8(11)2-1-3-8/h10H,1-6H2,(H2,9,12). The van der Waals surface area contributed by atoms with Gasteiger partial charge in [0.1, 0.15) is 0 Å². The van der Waals surface area contributed by atoms with Crippen LogP contribution < -0.4 is 11.1 Å². The number of hydrogen-bond acceptors (Lipinski definition) is 2. The summed E-state index contributed by atoms with van der Waals surface area (Å²) in [6.07, 6.45) is 3.46. The molecular weight excluding hydrogens is 154 g/mol. The first-order valence-corrected chi connectivity index (χ1v) is 4.52. The van der Waals surface area contributed by atoms with Crippen molar-refractivity contribution in [2.75, 3.05) is 19.6 Å². The van der Waals surface area contributed by atoms with Crippen molar-refractivity contribution in [2.24, 2.45) is 5.73 Å². The van der Waals surface area contributed by atoms with Crippen molar-refractivity contribution in [1.82, 2.24) is 10.2 Å². The minimum Gasteiger partial charge on any atom is -0.351 e. The lowest BCUT2D eigenvalue weighted by atomic mass is 9.74. The van der Waals surface area contributed by atoms with Crippen LogP contribution in [0.15, 0.2) is 0 Å². The summed E-state index contributed by atoms with van der Waals surface area (Å²) in [6.45, 7) is 2.58. The van der Waals surface area contributed by atoms with E-state index in [0.717, 1.165) is 32.5 Å². The van der Waals surface area contributed by atoms with Gasteiger partial charge in [0.25, 0.3) is 0 Å². The quantitative estimate of drug-likeness (QED) is 0.531. The lowest BCUT2D eigenvalue weighted by molar-refractivity contribution is 0.0304. The third-order valence-corrected chi connectivity index (χ3v) is 3.09. The highest BCUT2D eigenvalue weighted by Crippen LogP contribution is 2.38. The van der Waals surface area contributed by atoms with Crippen LogP contribution in [0, 0.1) is 0 Å². The van der Waals surface area contributed by atoms with Crippen molar-refractivity contribution in [3.63, 3.8) is 0 Å². The molecule has 4 nitrogen and oxygen atoms in total. The highest BCUT2D eigenvalue weighted by molar-refractivity contribution is 5.73. The Kier molecular flexibility index (Phi) is 1.72. The lowest BCUT2D eigenvalue weighted by Crippen LogP contribution is -2.67. The van der Waals surface area contributed by atoms with Gasteiger partial charge in [-0.1, -0.05) is 0 Å². The van der Waals surface area contributed by atoms with Gasteiger partial charge in [0.15, 0.2) is 0 Å². The number of urea groups is 1. The molecule has 1 saturated carbocycles. The van der Waals surface area contributed by atoms with Crippen LogP contribution in [0.2, 0.25) is 0 Å². The van der Waals surface area contributed by atoms with Crippen LogP contribution in [0.5, 0.6) is 0 Å². The summed E-state index contributed by atoms with van der Waals surface area (Å²) in [4.78, 5) is 12.9. The molecule has 0 radical (unpaired) electrons. The molecule has 0 aromatic heterocycles. The number of piperazine rings is 1. The minimum absolute atomic E-state index is 0.0874. The molecule has 1 heterocycles. The van der Waals surface area contributed by atoms with E-state index >= 15 is 0 Å². The van der Waals surface area contributed by atoms with E-state index in [1.54, 1.807) is 0 Å². The first-order valence-electron chi connectivity index (χ1n) is 4.52. The van der Waals surface area contributed by atoms with Crippen LogP contribution in [0.1, 0.15) is 19.3 Å². The van der Waals surface area contributed by atoms with E-state index in [1.165, 1.54) is 6.42 Å². The van der Waals surface area contributed by atoms with E-state index < -0.39 is 0 Å². The zero-order valence-electron chi connectivity index (χ0n) is 7.18. The predicted octanol–water partition coefficient (Wildman–Crippen LogP) is -0.107. The fourth-order valence-corrected chi connectivity index (χ4v) is 2.22. The molecule has 0 aromatic carbocycles. The maximum Gasteiger partial charge on any atom is 0.315 e. The lowest BCUT2D eigenvalue weighted by Gasteiger charge is -2.52. The normalized spacial score (nSPS) is 26.8. The molecule has 0 unspecified atom stereocenters. The van der Waals surface area contributed by atoms with Gasteiger partial charge in [-0.3, -0.25) is 0 Å². The Morgan fingerprint density at radius 1 is 1.50 bits per heavy atom. The molecule has 0 bridgehead atoms. The van der Waals surface area contributed by atoms with Gasteiger partial charge in [-0.2, -0.15) is 0 Å². The zero-order chi connectivity index (χ0) is 8.60. The molecule has 2 amide bonds. The Morgan fingerprint density at radius 3 is 2.67 bits per heavy atom. The minimum atomic E-state index is -0.254. The number of carbonyl (C=O) groups is 1. The van der Waals surface area contributed by atoms with Gasteiger partial charge in [0.05, 0.1) is 5.54 Å². The SMILES string of the molecule is NC(=O)N1CCNCC12CCC2. The van der Waals surface area contributed by atoms with E-state index in [0.29, 0.717) is 0 Å². The molecule has 1 aliphatic carbocycles. The van der Waals surface area contributed by atoms with E-state index in [4.69, 9.17) is 5.73 Å². The highest BCUT2D eigenvalue weighted by Gasteiger charge is 2.45. The number of rotatable bonds is 0. The molecule has 1 saturated heterocycles. The van der Waals surface area contributed by atoms with Crippen LogP contribution >= 0.6 is 0 Å². The number of carbonyl (C=O) groups excluding carboxylic acids is 1. The van der Waals surface area contributed by atoms with Crippen LogP contribution in [0.25, 0.3) is 0 Å². The second-order valence-electron chi connectivity index (χ2n) is 3.74. The van der Waals surface area contributed by atoms with Crippen LogP contribution in [-0.2, 0) is 0 Å². The Morgan fingerprint density at radius 2 is 2.25 bits per heavy atom. The molecule has 68 valence electrons. The van der Waals surface area contributed by atoms with Crippen molar-refractivity contribution in [2.45, 2.75) is 24.8 Å². The van der Waals surface area contributed by atoms with Crippen LogP contribution in [0.4, 0.5) is 4.79 Å². The average Bonchev–Trinajstić information content (AvgIpc) is 2.01. The number of primary amides is 1. The summed E-state index contributed by atoms with van der Waals surface area (Å²) in [5.41, 5.74) is 5.40. The van der Waals surface area contributed by atoms with Crippen LogP contribution in [0.3, 0.4) is 0 Å². The summed E-state index contributed by atoms with van der Waals surface area (Å²) in [6, 6.07) is -0.254. The second-order valence-corrected chi connectivity index (χ2v) is 3.74. The first-order chi connectivity index (χ1) is 5.75. The van der Waals surface area contributed by atoms with E-state index in [-0.39, 0.29) is 11.6 Å². The Balaban J connectivity index is 2.11. The first kappa shape index (κ1) is 7.86. The van der Waals surface area contributed by atoms with Gasteiger partial charge in [-0.05, 0) is 19.3 Å². The summed E-state index contributed by atoms with van der Waals surface area (Å²) >= 11 is 0. The van der Waals surface area contributed by atoms with E-state index in [2.05, 4.69) is 5.32 Å². The van der Waals surface area contributed by atoms with Crippen molar-refractivity contribution < 1.29 is 4.79 Å². The van der Waals surface area contributed by atoms with E-state index in [1.807, 2.05) is 4.90 Å². The van der Waals surface area contributed by atoms with Gasteiger partial charge in [-0.25, -0.2) is 4.79 Å². The molecule has 2 rings (SSSR count). The van der Waals surface area contributed by atoms with Crippen molar-refractivity contribution in [3.05, 3.63) is 0 Å². The molecule has 0 aromatic rings. The third kappa shape index (κ3) is 0.982. The Hall–Kier alpha value is -0.770. The van der Waals surface area contributed by atoms with E-state index in [9.17, 15) is 4.79 Å². The molecular formula is C8H15N3O. The fourth-order valence-electron chi connectivity index (χ4n) is 2.22. The molecule has 0 atom stereocenters. The summed E-state index contributed by atoms with van der Waals surface area (Å²) in [5, 5.41) is 3.31. The van der Waals surface area contributed by atoms with Gasteiger partial charge in [0.2, 0.25) is 0 Å². The fraction of sp³-hybridized carbons (Fsp3) is 0.875. The number of nitrogens with zero attached hydrogens (tertiary/aromatic N) is 1. The maximum atomic E-state index is 11.1. The molecule has 12 heavy (non-hydrogen) atoms. The topological polar surface area (TPSA) is 58.4 Å². The molecule has 4 heteroatoms. The predicted molar refractivity (Wildman–Crippen MR) is 45.7 cm³/mol. The smallest absolute Gasteiger partial charge is 0.315 e. The van der Waals surface area contributed by atoms with Crippen molar-refractivity contribution >= 4 is 6.03 Å². The van der Waals surface area contributed by atoms with Crippen molar-refractivity contribution in [1.29, 1.82) is 0 Å². The number of nitrogens with one attached hydrogen (secondary N) is 1. The monoisotopic (exact) mass is 169 g/mol. The summed E-state index contributed by atoms with van der Waals surface area (Å²) < 4.78 is 0. The van der Waals surface area contributed by atoms with Gasteiger partial charge < -0.3 is 16.0 Å². The third-order valence-electron chi connectivity index (χ3n) is 3.09. The Bertz CT molecular complexity index is 200. The number of hydrogen-bond donors (Lipinski definition) is 2. The molecule has 1 aliphatic heterocycles. The summed E-state index contributed by atoms with van der Waals surface area (Å²) in [5.74, 6) is 0. The Labute approximate surface area is 72.1 Å². The van der Waals surface area contributed by atoms with Gasteiger partial charge >= 0.3 is 6.03 Å². The molecule has 1 spiro atoms. The molecule has 2 fully saturated rings. The van der Waals surface area contributed by atoms with Crippen LogP contribution in [-0.4, -0.2) is 36.1 Å². The number of amides is 2. The van der Waals surface area contributed by atoms with Gasteiger partial charge in [-0.15, -0.1) is 0 Å². The largest absolute Gasteiger partial charge is 0.351 e. The van der Waals surface area contributed by atoms with Crippen molar-refractivity contribution in [3.8, 4) is 0 Å². The maximum absolute atomic E-state index is 11.1. The highest BCUT2D eigenvalue weighted by atomic mass is 16.2. The molecule has 3 N–H and O–H groups in total. The average molecular weight is 169 g/mol. The van der Waals surface area contributed by atoms with Gasteiger partial charge in [0, 0.05) is 19.6 Å². The zero-order valence-corrected chi connectivity index (χ0v) is 7.18. The number of nitrogens with two attached hydrogens (primary N) is 1. The summed E-state index contributed by atoms with van der Waals surface area (Å²) in [7, 11) is 0. The molecule has 2 aliphatic rings.